The number of phenolic OH excluding ortho intramolecular Hbond substituents is 1. The average molecular weight is 567 g/mol. The van der Waals surface area contributed by atoms with Crippen molar-refractivity contribution in [1.82, 2.24) is 9.80 Å². The summed E-state index contributed by atoms with van der Waals surface area (Å²) < 4.78 is 31.7. The number of alkyl halides is 3. The van der Waals surface area contributed by atoms with Crippen molar-refractivity contribution >= 4 is 11.9 Å². The van der Waals surface area contributed by atoms with Crippen molar-refractivity contribution in [2.75, 3.05) is 26.2 Å². The third-order valence-electron chi connectivity index (χ3n) is 10.3. The molecule has 6 fully saturated rings. The first-order chi connectivity index (χ1) is 18.9. The van der Waals surface area contributed by atoms with Gasteiger partial charge in [-0.15, -0.1) is 0 Å². The van der Waals surface area contributed by atoms with Gasteiger partial charge in [-0.2, -0.15) is 13.2 Å². The minimum Gasteiger partial charge on any atom is -0.508 e. The molecular weight excluding hydrogens is 525 g/mol. The normalized spacial score (nSPS) is 34.3. The van der Waals surface area contributed by atoms with Gasteiger partial charge in [-0.05, 0) is 111 Å². The van der Waals surface area contributed by atoms with E-state index in [2.05, 4.69) is 11.0 Å². The molecule has 3 N–H and O–H groups in total. The molecule has 0 spiro atoms. The number of phenols is 1. The number of aliphatic hydroxyl groups is 1. The second kappa shape index (κ2) is 11.5. The highest BCUT2D eigenvalue weighted by Gasteiger charge is 2.52. The zero-order valence-electron chi connectivity index (χ0n) is 22.9. The first-order valence-electron chi connectivity index (χ1n) is 14.7. The summed E-state index contributed by atoms with van der Waals surface area (Å²) in [6.07, 6.45) is 7.84. The number of aliphatic hydroxyl groups excluding tert-OH is 1. The number of amides is 1. The molecule has 7 rings (SSSR count). The van der Waals surface area contributed by atoms with E-state index in [0.29, 0.717) is 29.2 Å². The number of carboxylic acid groups (broad SMARTS) is 1. The van der Waals surface area contributed by atoms with Crippen molar-refractivity contribution in [2.45, 2.75) is 88.4 Å². The van der Waals surface area contributed by atoms with Gasteiger partial charge in [0.15, 0.2) is 0 Å². The van der Waals surface area contributed by atoms with Crippen molar-refractivity contribution in [3.8, 4) is 5.75 Å². The molecule has 1 unspecified atom stereocenters. The number of nitrogens with zero attached hydrogens (tertiary/aromatic N) is 2. The quantitative estimate of drug-likeness (QED) is 0.440. The maximum Gasteiger partial charge on any atom is 0.490 e. The number of fused-ring (bicyclic) bond motifs is 2. The molecule has 1 aromatic carbocycles. The topological polar surface area (TPSA) is 101 Å². The van der Waals surface area contributed by atoms with Crippen LogP contribution in [0.1, 0.15) is 75.7 Å². The third-order valence-corrected chi connectivity index (χ3v) is 10.3. The predicted molar refractivity (Wildman–Crippen MR) is 142 cm³/mol. The Hall–Kier alpha value is -2.33. The lowest BCUT2D eigenvalue weighted by Gasteiger charge is -2.58. The number of carbonyl (C=O) groups excluding carboxylic acids is 1. The van der Waals surface area contributed by atoms with Crippen molar-refractivity contribution in [1.29, 1.82) is 0 Å². The minimum absolute atomic E-state index is 0.0762. The number of halogens is 3. The van der Waals surface area contributed by atoms with Crippen LogP contribution in [0.25, 0.3) is 0 Å². The van der Waals surface area contributed by atoms with Gasteiger partial charge in [-0.3, -0.25) is 9.69 Å². The summed E-state index contributed by atoms with van der Waals surface area (Å²) in [5, 5.41) is 26.8. The van der Waals surface area contributed by atoms with E-state index in [9.17, 15) is 28.2 Å². The summed E-state index contributed by atoms with van der Waals surface area (Å²) in [5.74, 6) is 0.706. The number of piperidine rings is 1. The maximum absolute atomic E-state index is 12.8. The zero-order valence-corrected chi connectivity index (χ0v) is 22.9. The molecule has 0 radical (unpaired) electrons. The number of aromatic hydroxyl groups is 1. The smallest absolute Gasteiger partial charge is 0.490 e. The number of benzene rings is 1. The van der Waals surface area contributed by atoms with Gasteiger partial charge >= 0.3 is 12.1 Å². The van der Waals surface area contributed by atoms with Gasteiger partial charge in [0.25, 0.3) is 0 Å². The lowest BCUT2D eigenvalue weighted by molar-refractivity contribution is -0.192. The van der Waals surface area contributed by atoms with E-state index >= 15 is 0 Å². The minimum atomic E-state index is -5.08. The summed E-state index contributed by atoms with van der Waals surface area (Å²) >= 11 is 0. The molecule has 2 aliphatic heterocycles. The Labute approximate surface area is 233 Å². The van der Waals surface area contributed by atoms with Gasteiger partial charge in [-0.25, -0.2) is 4.79 Å². The van der Waals surface area contributed by atoms with E-state index in [4.69, 9.17) is 9.90 Å². The highest BCUT2D eigenvalue weighted by molar-refractivity contribution is 5.77. The Bertz CT molecular complexity index is 1030. The molecule has 10 heteroatoms. The second-order valence-electron chi connectivity index (χ2n) is 13.1. The van der Waals surface area contributed by atoms with E-state index in [0.717, 1.165) is 50.2 Å². The molecule has 40 heavy (non-hydrogen) atoms. The molecular formula is C30H41F3N2O5. The lowest BCUT2D eigenvalue weighted by Crippen LogP contribution is -2.54. The number of rotatable bonds is 7. The number of carboxylic acids is 1. The van der Waals surface area contributed by atoms with Crippen LogP contribution in [-0.4, -0.2) is 81.5 Å². The summed E-state index contributed by atoms with van der Waals surface area (Å²) in [6, 6.07) is 8.95. The number of hydrogen-bond acceptors (Lipinski definition) is 5. The Morgan fingerprint density at radius 1 is 0.975 bits per heavy atom. The first kappa shape index (κ1) is 29.2. The van der Waals surface area contributed by atoms with Gasteiger partial charge in [0.05, 0.1) is 0 Å². The van der Waals surface area contributed by atoms with Crippen molar-refractivity contribution < 1.29 is 38.1 Å². The fraction of sp³-hybridized carbons (Fsp3) is 0.733. The van der Waals surface area contributed by atoms with Gasteiger partial charge in [-0.1, -0.05) is 12.1 Å². The largest absolute Gasteiger partial charge is 0.508 e. The Kier molecular flexibility index (Phi) is 8.39. The van der Waals surface area contributed by atoms with Crippen molar-refractivity contribution in [2.24, 2.45) is 23.2 Å². The summed E-state index contributed by atoms with van der Waals surface area (Å²) in [4.78, 5) is 26.4. The highest BCUT2D eigenvalue weighted by Crippen LogP contribution is 2.60. The Morgan fingerprint density at radius 2 is 1.52 bits per heavy atom. The molecule has 2 saturated heterocycles. The number of carbonyl (C=O) groups is 2. The van der Waals surface area contributed by atoms with E-state index < -0.39 is 12.1 Å². The number of hydrogen-bond donors (Lipinski definition) is 3. The van der Waals surface area contributed by atoms with E-state index in [1.165, 1.54) is 56.9 Å². The van der Waals surface area contributed by atoms with E-state index in [-0.39, 0.29) is 12.5 Å². The zero-order chi connectivity index (χ0) is 28.7. The van der Waals surface area contributed by atoms with Crippen LogP contribution in [0.3, 0.4) is 0 Å². The molecule has 4 aliphatic carbocycles. The average Bonchev–Trinajstić information content (AvgIpc) is 3.11. The molecule has 1 aromatic rings. The summed E-state index contributed by atoms with van der Waals surface area (Å²) in [6.45, 7) is 2.19. The van der Waals surface area contributed by atoms with E-state index in [1.54, 1.807) is 6.07 Å². The van der Waals surface area contributed by atoms with Crippen LogP contribution in [0.2, 0.25) is 0 Å². The van der Waals surface area contributed by atoms with Gasteiger partial charge in [0.2, 0.25) is 5.91 Å². The van der Waals surface area contributed by atoms with Crippen molar-refractivity contribution in [3.05, 3.63) is 29.8 Å². The van der Waals surface area contributed by atoms with Gasteiger partial charge in [0, 0.05) is 31.7 Å². The maximum atomic E-state index is 12.8. The molecule has 222 valence electrons. The molecule has 1 amide bonds. The van der Waals surface area contributed by atoms with Gasteiger partial charge < -0.3 is 20.2 Å². The van der Waals surface area contributed by atoms with Crippen LogP contribution >= 0.6 is 0 Å². The molecule has 2 heterocycles. The third kappa shape index (κ3) is 6.43. The molecule has 6 aliphatic rings. The van der Waals surface area contributed by atoms with Crippen LogP contribution in [0.15, 0.2) is 24.3 Å². The van der Waals surface area contributed by atoms with Crippen LogP contribution < -0.4 is 0 Å². The van der Waals surface area contributed by atoms with E-state index in [1.807, 2.05) is 17.0 Å². The molecule has 6 bridgehead atoms. The van der Waals surface area contributed by atoms with Crippen LogP contribution in [0.4, 0.5) is 13.2 Å². The molecule has 0 aromatic heterocycles. The monoisotopic (exact) mass is 566 g/mol. The Balaban J connectivity index is 0.000000411. The van der Waals surface area contributed by atoms with Crippen molar-refractivity contribution in [3.63, 3.8) is 0 Å². The lowest BCUT2D eigenvalue weighted by atomic mass is 9.49. The summed E-state index contributed by atoms with van der Waals surface area (Å²) in [5.41, 5.74) is 1.59. The molecule has 7 nitrogen and oxygen atoms in total. The van der Waals surface area contributed by atoms with Crippen LogP contribution in [0, 0.1) is 23.2 Å². The Morgan fingerprint density at radius 3 is 2.00 bits per heavy atom. The molecule has 3 atom stereocenters. The molecule has 4 saturated carbocycles. The number of aliphatic carboxylic acids is 1. The first-order valence-corrected chi connectivity index (χ1v) is 14.7. The SMILES string of the molecule is O=C(CO)N(CCN1[C@@H]2CC[C@H]1CC(c1cccc(O)c1)C2)CC12CC3CC(CC(C3)C1)C2.O=C(O)C(F)(F)F. The second-order valence-corrected chi connectivity index (χ2v) is 13.1. The summed E-state index contributed by atoms with van der Waals surface area (Å²) in [7, 11) is 0. The van der Waals surface area contributed by atoms with Gasteiger partial charge in [0.1, 0.15) is 12.4 Å². The predicted octanol–water partition coefficient (Wildman–Crippen LogP) is 4.77. The van der Waals surface area contributed by atoms with Crippen LogP contribution in [-0.2, 0) is 9.59 Å². The standard InChI is InChI=1S/C28H40N2O3.C2HF3O2/c31-17-27(33)29(18-28-14-19-8-20(15-28)10-21(9-19)16-28)6-7-30-24-4-5-25(30)12-23(11-24)22-2-1-3-26(32)13-22;3-2(4,5)1(6)7/h1-3,13,19-21,23-25,31-32H,4-12,14-18H2;(H,6,7)/t19?,20?,21?,23?,24-,25+,28?;. The highest BCUT2D eigenvalue weighted by atomic mass is 19.4. The van der Waals surface area contributed by atoms with Crippen LogP contribution in [0.5, 0.6) is 5.75 Å². The fourth-order valence-electron chi connectivity index (χ4n) is 9.21. The fourth-order valence-corrected chi connectivity index (χ4v) is 9.21.